The van der Waals surface area contributed by atoms with Gasteiger partial charge >= 0.3 is 0 Å². The van der Waals surface area contributed by atoms with Crippen LogP contribution in [0.1, 0.15) is 21.1 Å². The van der Waals surface area contributed by atoms with Crippen LogP contribution in [0, 0.1) is 0 Å². The van der Waals surface area contributed by atoms with Gasteiger partial charge in [-0.15, -0.1) is 17.9 Å². The number of ether oxygens (including phenoxy) is 4. The molecule has 0 radical (unpaired) electrons. The SMILES string of the molecule is C=CCN(Cc1csc(COc2c(OC)cccc2OC)n1)C(=O)c1ccc(OC)cc1. The molecule has 8 heteroatoms. The number of rotatable bonds is 11. The third-order valence-electron chi connectivity index (χ3n) is 4.65. The number of amides is 1. The summed E-state index contributed by atoms with van der Waals surface area (Å²) in [5, 5.41) is 2.71. The Labute approximate surface area is 191 Å². The minimum Gasteiger partial charge on any atom is -0.497 e. The van der Waals surface area contributed by atoms with Crippen molar-refractivity contribution in [1.82, 2.24) is 9.88 Å². The first kappa shape index (κ1) is 23.1. The number of aromatic nitrogens is 1. The van der Waals surface area contributed by atoms with Gasteiger partial charge in [-0.05, 0) is 36.4 Å². The van der Waals surface area contributed by atoms with Crippen LogP contribution in [0.25, 0.3) is 0 Å². The molecule has 168 valence electrons. The molecule has 3 rings (SSSR count). The maximum absolute atomic E-state index is 13.0. The van der Waals surface area contributed by atoms with Crippen molar-refractivity contribution in [2.24, 2.45) is 0 Å². The predicted molar refractivity (Wildman–Crippen MR) is 124 cm³/mol. The molecule has 0 fully saturated rings. The van der Waals surface area contributed by atoms with Crippen LogP contribution in [0.3, 0.4) is 0 Å². The molecule has 0 unspecified atom stereocenters. The van der Waals surface area contributed by atoms with Gasteiger partial charge in [0, 0.05) is 17.5 Å². The lowest BCUT2D eigenvalue weighted by Gasteiger charge is -2.20. The van der Waals surface area contributed by atoms with Crippen LogP contribution in [-0.2, 0) is 13.2 Å². The van der Waals surface area contributed by atoms with Gasteiger partial charge in [-0.1, -0.05) is 12.1 Å². The first-order valence-corrected chi connectivity index (χ1v) is 10.8. The first-order valence-electron chi connectivity index (χ1n) is 9.90. The summed E-state index contributed by atoms with van der Waals surface area (Å²) in [5.41, 5.74) is 1.36. The Hall–Kier alpha value is -3.52. The second-order valence-corrected chi connectivity index (χ2v) is 7.66. The molecular formula is C24H26N2O5S. The Bertz CT molecular complexity index is 1030. The van der Waals surface area contributed by atoms with Gasteiger partial charge in [-0.3, -0.25) is 4.79 Å². The lowest BCUT2D eigenvalue weighted by atomic mass is 10.2. The zero-order valence-electron chi connectivity index (χ0n) is 18.4. The Kier molecular flexibility index (Phi) is 8.10. The molecule has 1 amide bonds. The molecule has 0 spiro atoms. The Morgan fingerprint density at radius 1 is 1.06 bits per heavy atom. The van der Waals surface area contributed by atoms with Crippen LogP contribution in [-0.4, -0.2) is 43.7 Å². The van der Waals surface area contributed by atoms with Crippen LogP contribution in [0.4, 0.5) is 0 Å². The van der Waals surface area contributed by atoms with Crippen molar-refractivity contribution in [2.75, 3.05) is 27.9 Å². The highest BCUT2D eigenvalue weighted by Gasteiger charge is 2.17. The van der Waals surface area contributed by atoms with Gasteiger partial charge < -0.3 is 23.8 Å². The van der Waals surface area contributed by atoms with Gasteiger partial charge in [-0.25, -0.2) is 4.98 Å². The van der Waals surface area contributed by atoms with Crippen molar-refractivity contribution in [3.63, 3.8) is 0 Å². The van der Waals surface area contributed by atoms with Gasteiger partial charge in [0.2, 0.25) is 5.75 Å². The number of hydrogen-bond donors (Lipinski definition) is 0. The third-order valence-corrected chi connectivity index (χ3v) is 5.52. The second-order valence-electron chi connectivity index (χ2n) is 6.72. The summed E-state index contributed by atoms with van der Waals surface area (Å²) in [4.78, 5) is 19.3. The van der Waals surface area contributed by atoms with Gasteiger partial charge in [-0.2, -0.15) is 0 Å². The van der Waals surface area contributed by atoms with E-state index in [0.717, 1.165) is 10.7 Å². The summed E-state index contributed by atoms with van der Waals surface area (Å²) in [6, 6.07) is 12.5. The Morgan fingerprint density at radius 3 is 2.34 bits per heavy atom. The Balaban J connectivity index is 1.68. The second kappa shape index (κ2) is 11.2. The molecule has 0 aliphatic carbocycles. The quantitative estimate of drug-likeness (QED) is 0.395. The van der Waals surface area contributed by atoms with E-state index < -0.39 is 0 Å². The number of benzene rings is 2. The molecule has 3 aromatic rings. The Morgan fingerprint density at radius 2 is 1.75 bits per heavy atom. The van der Waals surface area contributed by atoms with E-state index in [0.29, 0.717) is 41.7 Å². The van der Waals surface area contributed by atoms with Gasteiger partial charge in [0.05, 0.1) is 33.6 Å². The van der Waals surface area contributed by atoms with Crippen molar-refractivity contribution in [3.8, 4) is 23.0 Å². The molecule has 0 atom stereocenters. The maximum atomic E-state index is 13.0. The van der Waals surface area contributed by atoms with E-state index in [4.69, 9.17) is 18.9 Å². The number of carbonyl (C=O) groups excluding carboxylic acids is 1. The summed E-state index contributed by atoms with van der Waals surface area (Å²) < 4.78 is 21.8. The molecule has 0 saturated carbocycles. The molecule has 1 heterocycles. The number of hydrogen-bond acceptors (Lipinski definition) is 7. The van der Waals surface area contributed by atoms with Crippen molar-refractivity contribution >= 4 is 17.2 Å². The van der Waals surface area contributed by atoms with Crippen molar-refractivity contribution in [2.45, 2.75) is 13.2 Å². The van der Waals surface area contributed by atoms with Crippen molar-refractivity contribution in [1.29, 1.82) is 0 Å². The molecule has 0 aliphatic heterocycles. The van der Waals surface area contributed by atoms with Gasteiger partial charge in [0.15, 0.2) is 11.5 Å². The van der Waals surface area contributed by atoms with Gasteiger partial charge in [0.25, 0.3) is 5.91 Å². The fourth-order valence-corrected chi connectivity index (χ4v) is 3.76. The smallest absolute Gasteiger partial charge is 0.254 e. The highest BCUT2D eigenvalue weighted by molar-refractivity contribution is 7.09. The number of carbonyl (C=O) groups is 1. The molecule has 0 saturated heterocycles. The molecular weight excluding hydrogens is 428 g/mol. The van der Waals surface area contributed by atoms with E-state index in [-0.39, 0.29) is 12.5 Å². The molecule has 0 aliphatic rings. The summed E-state index contributed by atoms with van der Waals surface area (Å²) in [7, 11) is 4.75. The monoisotopic (exact) mass is 454 g/mol. The van der Waals surface area contributed by atoms with E-state index in [1.807, 2.05) is 23.6 Å². The highest BCUT2D eigenvalue weighted by atomic mass is 32.1. The standard InChI is InChI=1S/C24H26N2O5S/c1-5-13-26(24(27)17-9-11-19(28-2)12-10-17)14-18-16-32-22(25-18)15-31-23-20(29-3)7-6-8-21(23)30-4/h5-12,16H,1,13-15H2,2-4H3. The molecule has 2 aromatic carbocycles. The largest absolute Gasteiger partial charge is 0.497 e. The molecule has 0 bridgehead atoms. The molecule has 7 nitrogen and oxygen atoms in total. The van der Waals surface area contributed by atoms with E-state index in [1.54, 1.807) is 56.6 Å². The number of thiazole rings is 1. The average Bonchev–Trinajstić information content (AvgIpc) is 3.29. The number of nitrogens with zero attached hydrogens (tertiary/aromatic N) is 2. The van der Waals surface area contributed by atoms with Crippen molar-refractivity contribution < 1.29 is 23.7 Å². The summed E-state index contributed by atoms with van der Waals surface area (Å²) in [6.07, 6.45) is 1.70. The summed E-state index contributed by atoms with van der Waals surface area (Å²) in [6.45, 7) is 4.81. The van der Waals surface area contributed by atoms with Crippen LogP contribution >= 0.6 is 11.3 Å². The highest BCUT2D eigenvalue weighted by Crippen LogP contribution is 2.37. The van der Waals surface area contributed by atoms with E-state index in [1.165, 1.54) is 11.3 Å². The third kappa shape index (κ3) is 5.59. The normalized spacial score (nSPS) is 10.3. The zero-order chi connectivity index (χ0) is 22.9. The molecule has 32 heavy (non-hydrogen) atoms. The minimum absolute atomic E-state index is 0.0999. The number of para-hydroxylation sites is 1. The predicted octanol–water partition coefficient (Wildman–Crippen LogP) is 4.58. The summed E-state index contributed by atoms with van der Waals surface area (Å²) in [5.74, 6) is 2.30. The average molecular weight is 455 g/mol. The molecule has 1 aromatic heterocycles. The molecule has 0 N–H and O–H groups in total. The van der Waals surface area contributed by atoms with Crippen LogP contribution in [0.15, 0.2) is 60.5 Å². The van der Waals surface area contributed by atoms with Crippen molar-refractivity contribution in [3.05, 3.63) is 76.8 Å². The van der Waals surface area contributed by atoms with Gasteiger partial charge in [0.1, 0.15) is 17.4 Å². The topological polar surface area (TPSA) is 70.1 Å². The van der Waals surface area contributed by atoms with E-state index in [2.05, 4.69) is 11.6 Å². The van der Waals surface area contributed by atoms with Crippen LogP contribution in [0.2, 0.25) is 0 Å². The van der Waals surface area contributed by atoms with Crippen LogP contribution in [0.5, 0.6) is 23.0 Å². The fraction of sp³-hybridized carbons (Fsp3) is 0.250. The number of methoxy groups -OCH3 is 3. The van der Waals surface area contributed by atoms with E-state index >= 15 is 0 Å². The summed E-state index contributed by atoms with van der Waals surface area (Å²) >= 11 is 1.47. The van der Waals surface area contributed by atoms with Crippen LogP contribution < -0.4 is 18.9 Å². The lowest BCUT2D eigenvalue weighted by molar-refractivity contribution is 0.0761. The van der Waals surface area contributed by atoms with E-state index in [9.17, 15) is 4.79 Å². The minimum atomic E-state index is -0.0999. The fourth-order valence-electron chi connectivity index (χ4n) is 3.07. The zero-order valence-corrected chi connectivity index (χ0v) is 19.2. The maximum Gasteiger partial charge on any atom is 0.254 e. The lowest BCUT2D eigenvalue weighted by Crippen LogP contribution is -2.30. The first-order chi connectivity index (χ1) is 15.6.